The van der Waals surface area contributed by atoms with Gasteiger partial charge in [-0.05, 0) is 25.1 Å². The first-order valence-electron chi connectivity index (χ1n) is 6.30. The average molecular weight is 303 g/mol. The highest BCUT2D eigenvalue weighted by atomic mass is 35.5. The number of hydrogen-bond donors (Lipinski definition) is 0. The van der Waals surface area contributed by atoms with E-state index in [0.29, 0.717) is 48.3 Å². The Morgan fingerprint density at radius 1 is 1.37 bits per heavy atom. The Kier molecular flexibility index (Phi) is 4.85. The van der Waals surface area contributed by atoms with E-state index < -0.39 is 5.60 Å². The van der Waals surface area contributed by atoms with Crippen LogP contribution < -0.4 is 0 Å². The van der Waals surface area contributed by atoms with Crippen LogP contribution in [0.25, 0.3) is 0 Å². The van der Waals surface area contributed by atoms with Crippen molar-refractivity contribution in [2.24, 2.45) is 0 Å². The lowest BCUT2D eigenvalue weighted by molar-refractivity contribution is -0.0822. The summed E-state index contributed by atoms with van der Waals surface area (Å²) < 4.78 is 11.1. The molecule has 5 heteroatoms. The first-order chi connectivity index (χ1) is 9.09. The maximum absolute atomic E-state index is 12.8. The minimum Gasteiger partial charge on any atom is -0.381 e. The van der Waals surface area contributed by atoms with Crippen molar-refractivity contribution in [1.82, 2.24) is 0 Å². The second kappa shape index (κ2) is 6.23. The van der Waals surface area contributed by atoms with E-state index in [2.05, 4.69) is 0 Å². The molecular weight excluding hydrogens is 287 g/mol. The zero-order valence-corrected chi connectivity index (χ0v) is 12.3. The Bertz CT molecular complexity index is 462. The van der Waals surface area contributed by atoms with E-state index in [9.17, 15) is 4.79 Å². The summed E-state index contributed by atoms with van der Waals surface area (Å²) >= 11 is 12.1. The molecule has 1 aliphatic heterocycles. The van der Waals surface area contributed by atoms with Gasteiger partial charge in [0.15, 0.2) is 5.78 Å². The van der Waals surface area contributed by atoms with Crippen LogP contribution in [0, 0.1) is 0 Å². The summed E-state index contributed by atoms with van der Waals surface area (Å²) in [6, 6.07) is 4.90. The molecule has 1 fully saturated rings. The zero-order valence-electron chi connectivity index (χ0n) is 10.7. The first-order valence-corrected chi connectivity index (χ1v) is 7.06. The lowest BCUT2D eigenvalue weighted by Gasteiger charge is -2.35. The van der Waals surface area contributed by atoms with E-state index in [0.717, 1.165) is 0 Å². The summed E-state index contributed by atoms with van der Waals surface area (Å²) in [5, 5.41) is 0.895. The Labute approximate surface area is 122 Å². The molecule has 0 radical (unpaired) electrons. The van der Waals surface area contributed by atoms with Crippen molar-refractivity contribution >= 4 is 29.0 Å². The highest BCUT2D eigenvalue weighted by Gasteiger charge is 2.42. The van der Waals surface area contributed by atoms with Crippen LogP contribution in [0.15, 0.2) is 18.2 Å². The number of Topliss-reactive ketones (excluding diaryl/α,β-unsaturated/α-hetero) is 1. The van der Waals surface area contributed by atoms with E-state index >= 15 is 0 Å². The fourth-order valence-corrected chi connectivity index (χ4v) is 2.71. The number of rotatable bonds is 4. The summed E-state index contributed by atoms with van der Waals surface area (Å²) in [5.41, 5.74) is -0.411. The molecule has 0 atom stereocenters. The number of halogens is 2. The van der Waals surface area contributed by atoms with Gasteiger partial charge in [-0.2, -0.15) is 0 Å². The van der Waals surface area contributed by atoms with Crippen LogP contribution in [-0.4, -0.2) is 31.2 Å². The predicted molar refractivity (Wildman–Crippen MR) is 75.2 cm³/mol. The highest BCUT2D eigenvalue weighted by Crippen LogP contribution is 2.32. The Morgan fingerprint density at radius 3 is 2.68 bits per heavy atom. The Morgan fingerprint density at radius 2 is 2.05 bits per heavy atom. The normalized spacial score (nSPS) is 18.3. The van der Waals surface area contributed by atoms with Crippen molar-refractivity contribution in [3.05, 3.63) is 33.8 Å². The summed E-state index contributed by atoms with van der Waals surface area (Å²) in [5.74, 6) is -0.106. The van der Waals surface area contributed by atoms with E-state index in [-0.39, 0.29) is 5.78 Å². The SMILES string of the molecule is CCOC1(C(=O)c2cc(Cl)ccc2Cl)CCOCC1. The standard InChI is InChI=1S/C14H16Cl2O3/c1-2-19-14(5-7-18-8-6-14)13(17)11-9-10(15)3-4-12(11)16/h3-4,9H,2,5-8H2,1H3. The summed E-state index contributed by atoms with van der Waals surface area (Å²) in [6.07, 6.45) is 1.09. The number of ether oxygens (including phenoxy) is 2. The molecule has 1 aromatic rings. The third-order valence-corrected chi connectivity index (χ3v) is 3.87. The molecule has 19 heavy (non-hydrogen) atoms. The van der Waals surface area contributed by atoms with Crippen molar-refractivity contribution in [3.8, 4) is 0 Å². The van der Waals surface area contributed by atoms with Gasteiger partial charge in [0.25, 0.3) is 0 Å². The van der Waals surface area contributed by atoms with Gasteiger partial charge in [0.05, 0.1) is 5.02 Å². The predicted octanol–water partition coefficient (Wildman–Crippen LogP) is 3.76. The number of carbonyl (C=O) groups excluding carboxylic acids is 1. The molecule has 1 heterocycles. The second-order valence-corrected chi connectivity index (χ2v) is 5.34. The van der Waals surface area contributed by atoms with Gasteiger partial charge < -0.3 is 9.47 Å². The van der Waals surface area contributed by atoms with Crippen molar-refractivity contribution in [2.75, 3.05) is 19.8 Å². The molecule has 0 bridgehead atoms. The molecule has 0 saturated carbocycles. The van der Waals surface area contributed by atoms with Crippen LogP contribution in [0.5, 0.6) is 0 Å². The van der Waals surface area contributed by atoms with E-state index in [4.69, 9.17) is 32.7 Å². The third kappa shape index (κ3) is 3.11. The van der Waals surface area contributed by atoms with Crippen LogP contribution in [0.3, 0.4) is 0 Å². The average Bonchev–Trinajstić information content (AvgIpc) is 2.42. The minimum atomic E-state index is -0.832. The maximum Gasteiger partial charge on any atom is 0.196 e. The number of carbonyl (C=O) groups is 1. The van der Waals surface area contributed by atoms with Gasteiger partial charge in [-0.3, -0.25) is 4.79 Å². The van der Waals surface area contributed by atoms with Crippen LogP contribution in [0.1, 0.15) is 30.1 Å². The van der Waals surface area contributed by atoms with Gasteiger partial charge in [-0.1, -0.05) is 23.2 Å². The van der Waals surface area contributed by atoms with Crippen molar-refractivity contribution in [3.63, 3.8) is 0 Å². The van der Waals surface area contributed by atoms with Crippen LogP contribution >= 0.6 is 23.2 Å². The summed E-state index contributed by atoms with van der Waals surface area (Å²) in [6.45, 7) is 3.39. The van der Waals surface area contributed by atoms with Gasteiger partial charge >= 0.3 is 0 Å². The molecular formula is C14H16Cl2O3. The first kappa shape index (κ1) is 14.8. The Balaban J connectivity index is 2.36. The molecule has 3 nitrogen and oxygen atoms in total. The number of ketones is 1. The molecule has 1 aromatic carbocycles. The fraction of sp³-hybridized carbons (Fsp3) is 0.500. The zero-order chi connectivity index (χ0) is 13.9. The van der Waals surface area contributed by atoms with E-state index in [1.54, 1.807) is 18.2 Å². The lowest BCUT2D eigenvalue weighted by atomic mass is 9.85. The van der Waals surface area contributed by atoms with Crippen molar-refractivity contribution in [2.45, 2.75) is 25.4 Å². The smallest absolute Gasteiger partial charge is 0.196 e. The van der Waals surface area contributed by atoms with Gasteiger partial charge in [-0.25, -0.2) is 0 Å². The maximum atomic E-state index is 12.8. The molecule has 0 spiro atoms. The molecule has 0 unspecified atom stereocenters. The molecule has 104 valence electrons. The quantitative estimate of drug-likeness (QED) is 0.794. The third-order valence-electron chi connectivity index (χ3n) is 3.31. The van der Waals surface area contributed by atoms with Crippen molar-refractivity contribution in [1.29, 1.82) is 0 Å². The number of hydrogen-bond acceptors (Lipinski definition) is 3. The molecule has 2 rings (SSSR count). The molecule has 0 aliphatic carbocycles. The van der Waals surface area contributed by atoms with Crippen LogP contribution in [0.4, 0.5) is 0 Å². The second-order valence-electron chi connectivity index (χ2n) is 4.49. The van der Waals surface area contributed by atoms with Gasteiger partial charge in [-0.15, -0.1) is 0 Å². The van der Waals surface area contributed by atoms with E-state index in [1.165, 1.54) is 0 Å². The molecule has 0 amide bonds. The van der Waals surface area contributed by atoms with Gasteiger partial charge in [0.2, 0.25) is 0 Å². The van der Waals surface area contributed by atoms with Crippen LogP contribution in [0.2, 0.25) is 10.0 Å². The largest absolute Gasteiger partial charge is 0.381 e. The van der Waals surface area contributed by atoms with Crippen molar-refractivity contribution < 1.29 is 14.3 Å². The monoisotopic (exact) mass is 302 g/mol. The topological polar surface area (TPSA) is 35.5 Å². The van der Waals surface area contributed by atoms with Gasteiger partial charge in [0, 0.05) is 43.2 Å². The fourth-order valence-electron chi connectivity index (χ4n) is 2.33. The molecule has 1 aliphatic rings. The summed E-state index contributed by atoms with van der Waals surface area (Å²) in [7, 11) is 0. The van der Waals surface area contributed by atoms with Gasteiger partial charge in [0.1, 0.15) is 5.60 Å². The molecule has 0 aromatic heterocycles. The minimum absolute atomic E-state index is 0.106. The Hall–Kier alpha value is -0.610. The highest BCUT2D eigenvalue weighted by molar-refractivity contribution is 6.36. The number of benzene rings is 1. The molecule has 1 saturated heterocycles. The molecule has 0 N–H and O–H groups in total. The van der Waals surface area contributed by atoms with Crippen LogP contribution in [-0.2, 0) is 9.47 Å². The van der Waals surface area contributed by atoms with E-state index in [1.807, 2.05) is 6.92 Å². The summed E-state index contributed by atoms with van der Waals surface area (Å²) in [4.78, 5) is 12.8. The lowest BCUT2D eigenvalue weighted by Crippen LogP contribution is -2.46.